The van der Waals surface area contributed by atoms with Crippen LogP contribution in [0.25, 0.3) is 11.0 Å². The van der Waals surface area contributed by atoms with E-state index < -0.39 is 46.1 Å². The quantitative estimate of drug-likeness (QED) is 0.397. The van der Waals surface area contributed by atoms with Crippen LogP contribution in [0.1, 0.15) is 50.6 Å². The van der Waals surface area contributed by atoms with Crippen LogP contribution in [0.15, 0.2) is 64.2 Å². The molecule has 2 aromatic heterocycles. The number of carbonyl (C=O) groups excluding carboxylic acids is 2. The Bertz CT molecular complexity index is 1340. The molecule has 1 aromatic carbocycles. The van der Waals surface area contributed by atoms with Crippen LogP contribution in [0.2, 0.25) is 0 Å². The standard InChI is InChI=1S/C27H34N4O6S/c1-17(2)14-21(30-27(34)24-15-19-8-4-5-9-23(19)37-24)26(33)29-20-12-11-18(3)31(16-22(20)32)38(35,36)25-10-6-7-13-28-25/h4-10,13,15,17-18,20-22,32H,11-12,14,16H2,1-3H3,(H,29,33)(H,30,34)/t18?,20?,21-,22?/m0/s1. The van der Waals surface area contributed by atoms with Crippen molar-refractivity contribution in [2.24, 2.45) is 5.92 Å². The van der Waals surface area contributed by atoms with Crippen LogP contribution in [-0.4, -0.2) is 65.4 Å². The number of furan rings is 1. The van der Waals surface area contributed by atoms with Gasteiger partial charge in [-0.1, -0.05) is 38.1 Å². The molecule has 1 fully saturated rings. The second-order valence-electron chi connectivity index (χ2n) is 10.2. The largest absolute Gasteiger partial charge is 0.451 e. The predicted molar refractivity (Wildman–Crippen MR) is 142 cm³/mol. The highest BCUT2D eigenvalue weighted by molar-refractivity contribution is 7.89. The summed E-state index contributed by atoms with van der Waals surface area (Å²) in [5.41, 5.74) is 0.573. The summed E-state index contributed by atoms with van der Waals surface area (Å²) in [7, 11) is -3.93. The lowest BCUT2D eigenvalue weighted by molar-refractivity contribution is -0.125. The molecule has 3 heterocycles. The molecule has 3 aromatic rings. The number of aliphatic hydroxyl groups excluding tert-OH is 1. The van der Waals surface area contributed by atoms with Gasteiger partial charge in [0.25, 0.3) is 15.9 Å². The zero-order chi connectivity index (χ0) is 27.4. The average molecular weight is 543 g/mol. The SMILES string of the molecule is CC(C)C[C@H](NC(=O)c1cc2ccccc2o1)C(=O)NC1CCC(C)N(S(=O)(=O)c2ccccn2)CC1O. The maximum absolute atomic E-state index is 13.3. The highest BCUT2D eigenvalue weighted by Crippen LogP contribution is 2.25. The van der Waals surface area contributed by atoms with Crippen molar-refractivity contribution in [3.63, 3.8) is 0 Å². The molecule has 0 saturated carbocycles. The Morgan fingerprint density at radius 1 is 1.16 bits per heavy atom. The summed E-state index contributed by atoms with van der Waals surface area (Å²) in [5, 5.41) is 17.3. The molecule has 0 radical (unpaired) electrons. The van der Waals surface area contributed by atoms with Gasteiger partial charge < -0.3 is 20.2 Å². The van der Waals surface area contributed by atoms with E-state index in [1.807, 2.05) is 32.0 Å². The number of amides is 2. The third-order valence-corrected chi connectivity index (χ3v) is 8.63. The summed E-state index contributed by atoms with van der Waals surface area (Å²) in [6.45, 7) is 5.46. The van der Waals surface area contributed by atoms with Crippen LogP contribution in [0.3, 0.4) is 0 Å². The molecule has 2 amide bonds. The Morgan fingerprint density at radius 2 is 1.89 bits per heavy atom. The molecule has 3 N–H and O–H groups in total. The topological polar surface area (TPSA) is 142 Å². The lowest BCUT2D eigenvalue weighted by Gasteiger charge is -2.28. The Morgan fingerprint density at radius 3 is 2.58 bits per heavy atom. The first-order valence-corrected chi connectivity index (χ1v) is 14.2. The van der Waals surface area contributed by atoms with Crippen molar-refractivity contribution in [2.45, 2.75) is 69.3 Å². The Labute approximate surface area is 222 Å². The Balaban J connectivity index is 1.46. The van der Waals surface area contributed by atoms with E-state index in [0.29, 0.717) is 24.8 Å². The number of benzene rings is 1. The fourth-order valence-electron chi connectivity index (χ4n) is 4.68. The van der Waals surface area contributed by atoms with Gasteiger partial charge in [0.05, 0.1) is 12.1 Å². The normalized spacial score (nSPS) is 21.7. The summed E-state index contributed by atoms with van der Waals surface area (Å²) in [6, 6.07) is 11.6. The van der Waals surface area contributed by atoms with Crippen LogP contribution in [0.5, 0.6) is 0 Å². The van der Waals surface area contributed by atoms with Gasteiger partial charge in [-0.2, -0.15) is 4.31 Å². The molecular weight excluding hydrogens is 508 g/mol. The average Bonchev–Trinajstić information content (AvgIpc) is 3.27. The summed E-state index contributed by atoms with van der Waals surface area (Å²) in [5.74, 6) is -0.753. The van der Waals surface area contributed by atoms with Crippen molar-refractivity contribution in [2.75, 3.05) is 6.54 Å². The summed E-state index contributed by atoms with van der Waals surface area (Å²) < 4.78 is 33.2. The Kier molecular flexibility index (Phi) is 8.49. The number of hydrogen-bond donors (Lipinski definition) is 3. The molecule has 0 spiro atoms. The lowest BCUT2D eigenvalue weighted by Crippen LogP contribution is -2.54. The molecule has 38 heavy (non-hydrogen) atoms. The number of hydrogen-bond acceptors (Lipinski definition) is 7. The zero-order valence-corrected chi connectivity index (χ0v) is 22.5. The first-order valence-electron chi connectivity index (χ1n) is 12.8. The van der Waals surface area contributed by atoms with Crippen LogP contribution < -0.4 is 10.6 Å². The van der Waals surface area contributed by atoms with Crippen LogP contribution >= 0.6 is 0 Å². The molecule has 204 valence electrons. The van der Waals surface area contributed by atoms with Gasteiger partial charge in [0.15, 0.2) is 10.8 Å². The molecule has 1 saturated heterocycles. The number of rotatable bonds is 8. The highest BCUT2D eigenvalue weighted by atomic mass is 32.2. The van der Waals surface area contributed by atoms with E-state index in [1.165, 1.54) is 16.6 Å². The molecule has 3 unspecified atom stereocenters. The van der Waals surface area contributed by atoms with Crippen molar-refractivity contribution < 1.29 is 27.5 Å². The highest BCUT2D eigenvalue weighted by Gasteiger charge is 2.38. The fraction of sp³-hybridized carbons (Fsp3) is 0.444. The minimum Gasteiger partial charge on any atom is -0.451 e. The van der Waals surface area contributed by atoms with E-state index in [2.05, 4.69) is 15.6 Å². The van der Waals surface area contributed by atoms with Crippen LogP contribution in [0, 0.1) is 5.92 Å². The van der Waals surface area contributed by atoms with E-state index >= 15 is 0 Å². The Hall–Kier alpha value is -3.28. The molecule has 1 aliphatic rings. The van der Waals surface area contributed by atoms with Crippen molar-refractivity contribution in [3.05, 3.63) is 60.5 Å². The van der Waals surface area contributed by atoms with Crippen molar-refractivity contribution in [1.82, 2.24) is 19.9 Å². The number of aromatic nitrogens is 1. The van der Waals surface area contributed by atoms with E-state index in [4.69, 9.17) is 4.42 Å². The molecule has 10 nitrogen and oxygen atoms in total. The first kappa shape index (κ1) is 27.7. The molecule has 0 bridgehead atoms. The predicted octanol–water partition coefficient (Wildman–Crippen LogP) is 2.69. The van der Waals surface area contributed by atoms with Gasteiger partial charge in [-0.25, -0.2) is 13.4 Å². The second kappa shape index (κ2) is 11.6. The summed E-state index contributed by atoms with van der Waals surface area (Å²) >= 11 is 0. The number of β-amino-alcohol motifs (C(OH)–C–C–N with tert-alkyl or cyclic N) is 1. The van der Waals surface area contributed by atoms with Crippen molar-refractivity contribution in [3.8, 4) is 0 Å². The second-order valence-corrected chi connectivity index (χ2v) is 12.0. The van der Waals surface area contributed by atoms with Gasteiger partial charge >= 0.3 is 0 Å². The van der Waals surface area contributed by atoms with E-state index in [0.717, 1.165) is 5.39 Å². The summed E-state index contributed by atoms with van der Waals surface area (Å²) in [4.78, 5) is 30.2. The van der Waals surface area contributed by atoms with E-state index in [9.17, 15) is 23.1 Å². The minimum absolute atomic E-state index is 0.0909. The number of carbonyl (C=O) groups is 2. The first-order chi connectivity index (χ1) is 18.1. The van der Waals surface area contributed by atoms with Gasteiger partial charge in [0.1, 0.15) is 11.6 Å². The van der Waals surface area contributed by atoms with Crippen molar-refractivity contribution >= 4 is 32.8 Å². The van der Waals surface area contributed by atoms with Gasteiger partial charge in [0, 0.05) is 24.2 Å². The number of para-hydroxylation sites is 1. The van der Waals surface area contributed by atoms with Gasteiger partial charge in [-0.15, -0.1) is 0 Å². The number of sulfonamides is 1. The maximum Gasteiger partial charge on any atom is 0.287 e. The lowest BCUT2D eigenvalue weighted by atomic mass is 10.0. The summed E-state index contributed by atoms with van der Waals surface area (Å²) in [6.07, 6.45) is 1.43. The molecule has 4 rings (SSSR count). The minimum atomic E-state index is -3.93. The molecule has 0 aliphatic carbocycles. The molecule has 1 aliphatic heterocycles. The number of pyridine rings is 1. The van der Waals surface area contributed by atoms with Gasteiger partial charge in [0.2, 0.25) is 5.91 Å². The van der Waals surface area contributed by atoms with E-state index in [1.54, 1.807) is 31.2 Å². The molecule has 11 heteroatoms. The number of nitrogens with zero attached hydrogens (tertiary/aromatic N) is 2. The van der Waals surface area contributed by atoms with Crippen LogP contribution in [-0.2, 0) is 14.8 Å². The fourth-order valence-corrected chi connectivity index (χ4v) is 6.29. The molecule has 4 atom stereocenters. The third kappa shape index (κ3) is 6.23. The number of aliphatic hydroxyl groups is 1. The third-order valence-electron chi connectivity index (χ3n) is 6.74. The maximum atomic E-state index is 13.3. The monoisotopic (exact) mass is 542 g/mol. The molecular formula is C27H34N4O6S. The smallest absolute Gasteiger partial charge is 0.287 e. The van der Waals surface area contributed by atoms with Gasteiger partial charge in [-0.3, -0.25) is 9.59 Å². The van der Waals surface area contributed by atoms with Crippen molar-refractivity contribution in [1.29, 1.82) is 0 Å². The van der Waals surface area contributed by atoms with Crippen LogP contribution in [0.4, 0.5) is 0 Å². The van der Waals surface area contributed by atoms with Gasteiger partial charge in [-0.05, 0) is 56.4 Å². The number of fused-ring (bicyclic) bond motifs is 1. The number of nitrogens with one attached hydrogen (secondary N) is 2. The zero-order valence-electron chi connectivity index (χ0n) is 21.7. The van der Waals surface area contributed by atoms with E-state index in [-0.39, 0.29) is 23.2 Å².